The average molecular weight is 330 g/mol. The van der Waals surface area contributed by atoms with Crippen LogP contribution in [0.2, 0.25) is 0 Å². The van der Waals surface area contributed by atoms with Gasteiger partial charge in [0, 0.05) is 12.1 Å². The van der Waals surface area contributed by atoms with E-state index in [-0.39, 0.29) is 30.8 Å². The molecule has 2 aromatic rings. The highest BCUT2D eigenvalue weighted by Crippen LogP contribution is 2.15. The first kappa shape index (κ1) is 17.5. The first-order valence-electron chi connectivity index (χ1n) is 7.60. The lowest BCUT2D eigenvalue weighted by molar-refractivity contribution is -0.120. The number of carbonyl (C=O) groups is 2. The second kappa shape index (κ2) is 8.67. The van der Waals surface area contributed by atoms with Crippen LogP contribution in [0.25, 0.3) is 0 Å². The molecule has 2 rings (SSSR count). The molecule has 2 N–H and O–H groups in total. The van der Waals surface area contributed by atoms with Crippen LogP contribution in [0.3, 0.4) is 0 Å². The summed E-state index contributed by atoms with van der Waals surface area (Å²) in [5, 5.41) is 5.14. The van der Waals surface area contributed by atoms with Crippen LogP contribution in [0, 0.1) is 5.82 Å². The lowest BCUT2D eigenvalue weighted by atomic mass is 10.2. The molecule has 0 bridgehead atoms. The minimum Gasteiger partial charge on any atom is -0.489 e. The van der Waals surface area contributed by atoms with Crippen LogP contribution in [0.15, 0.2) is 48.5 Å². The van der Waals surface area contributed by atoms with Gasteiger partial charge in [-0.1, -0.05) is 18.2 Å². The molecule has 0 spiro atoms. The Labute approximate surface area is 139 Å². The van der Waals surface area contributed by atoms with E-state index >= 15 is 0 Å². The van der Waals surface area contributed by atoms with Gasteiger partial charge in [-0.2, -0.15) is 0 Å². The average Bonchev–Trinajstić information content (AvgIpc) is 2.60. The third kappa shape index (κ3) is 5.39. The molecule has 0 aliphatic rings. The van der Waals surface area contributed by atoms with Gasteiger partial charge < -0.3 is 15.4 Å². The minimum atomic E-state index is -0.353. The standard InChI is InChI=1S/C18H19FN2O3/c1-2-20-17(22)11-21-18(23)14-4-3-5-16(10-14)24-12-13-6-8-15(19)9-7-13/h3-10H,2,11-12H2,1H3,(H,20,22)(H,21,23). The van der Waals surface area contributed by atoms with Gasteiger partial charge in [-0.3, -0.25) is 9.59 Å². The Morgan fingerprint density at radius 3 is 2.54 bits per heavy atom. The van der Waals surface area contributed by atoms with E-state index in [1.54, 1.807) is 36.4 Å². The largest absolute Gasteiger partial charge is 0.489 e. The number of carbonyl (C=O) groups excluding carboxylic acids is 2. The predicted molar refractivity (Wildman–Crippen MR) is 88.2 cm³/mol. The van der Waals surface area contributed by atoms with Gasteiger partial charge in [0.05, 0.1) is 6.54 Å². The van der Waals surface area contributed by atoms with Gasteiger partial charge in [0.1, 0.15) is 18.2 Å². The Bertz CT molecular complexity index is 702. The van der Waals surface area contributed by atoms with E-state index in [0.29, 0.717) is 17.9 Å². The number of nitrogens with one attached hydrogen (secondary N) is 2. The number of hydrogen-bond donors (Lipinski definition) is 2. The molecule has 0 heterocycles. The van der Waals surface area contributed by atoms with Gasteiger partial charge in [-0.15, -0.1) is 0 Å². The monoisotopic (exact) mass is 330 g/mol. The molecular weight excluding hydrogens is 311 g/mol. The number of rotatable bonds is 7. The molecule has 0 aliphatic heterocycles. The first-order valence-corrected chi connectivity index (χ1v) is 7.60. The molecule has 0 fully saturated rings. The maximum atomic E-state index is 12.9. The quantitative estimate of drug-likeness (QED) is 0.818. The predicted octanol–water partition coefficient (Wildman–Crippen LogP) is 2.27. The lowest BCUT2D eigenvalue weighted by Gasteiger charge is -2.09. The smallest absolute Gasteiger partial charge is 0.251 e. The van der Waals surface area contributed by atoms with Crippen molar-refractivity contribution in [3.8, 4) is 5.75 Å². The molecule has 5 nitrogen and oxygen atoms in total. The Morgan fingerprint density at radius 1 is 1.08 bits per heavy atom. The Hall–Kier alpha value is -2.89. The van der Waals surface area contributed by atoms with Crippen molar-refractivity contribution in [2.75, 3.05) is 13.1 Å². The third-order valence-electron chi connectivity index (χ3n) is 3.20. The number of amides is 2. The number of halogens is 1. The van der Waals surface area contributed by atoms with Crippen molar-refractivity contribution in [2.45, 2.75) is 13.5 Å². The van der Waals surface area contributed by atoms with Crippen molar-refractivity contribution in [1.82, 2.24) is 10.6 Å². The van der Waals surface area contributed by atoms with E-state index in [1.165, 1.54) is 12.1 Å². The maximum absolute atomic E-state index is 12.9. The Kier molecular flexibility index (Phi) is 6.31. The van der Waals surface area contributed by atoms with E-state index in [2.05, 4.69) is 10.6 Å². The SMILES string of the molecule is CCNC(=O)CNC(=O)c1cccc(OCc2ccc(F)cc2)c1. The highest BCUT2D eigenvalue weighted by molar-refractivity contribution is 5.96. The molecule has 0 aliphatic carbocycles. The molecule has 0 aromatic heterocycles. The van der Waals surface area contributed by atoms with E-state index in [4.69, 9.17) is 4.74 Å². The summed E-state index contributed by atoms with van der Waals surface area (Å²) in [6, 6.07) is 12.7. The summed E-state index contributed by atoms with van der Waals surface area (Å²) in [4.78, 5) is 23.4. The van der Waals surface area contributed by atoms with Gasteiger partial charge in [0.15, 0.2) is 0 Å². The molecule has 2 amide bonds. The maximum Gasteiger partial charge on any atom is 0.251 e. The molecule has 0 saturated heterocycles. The zero-order valence-corrected chi connectivity index (χ0v) is 13.3. The van der Waals surface area contributed by atoms with Crippen molar-refractivity contribution in [3.05, 3.63) is 65.5 Å². The van der Waals surface area contributed by atoms with Gasteiger partial charge in [0.2, 0.25) is 5.91 Å². The van der Waals surface area contributed by atoms with Gasteiger partial charge in [-0.25, -0.2) is 4.39 Å². The Balaban J connectivity index is 1.91. The van der Waals surface area contributed by atoms with Gasteiger partial charge in [-0.05, 0) is 42.8 Å². The summed E-state index contributed by atoms with van der Waals surface area (Å²) in [6.07, 6.45) is 0. The van der Waals surface area contributed by atoms with E-state index in [1.807, 2.05) is 6.92 Å². The van der Waals surface area contributed by atoms with Crippen molar-refractivity contribution < 1.29 is 18.7 Å². The second-order valence-corrected chi connectivity index (χ2v) is 5.08. The van der Waals surface area contributed by atoms with Crippen LogP contribution >= 0.6 is 0 Å². The van der Waals surface area contributed by atoms with Crippen LogP contribution in [0.4, 0.5) is 4.39 Å². The normalized spacial score (nSPS) is 10.1. The number of likely N-dealkylation sites (N-methyl/N-ethyl adjacent to an activating group) is 1. The second-order valence-electron chi connectivity index (χ2n) is 5.08. The molecule has 0 saturated carbocycles. The van der Waals surface area contributed by atoms with Crippen molar-refractivity contribution in [1.29, 1.82) is 0 Å². The summed E-state index contributed by atoms with van der Waals surface area (Å²) in [5.41, 5.74) is 1.22. The van der Waals surface area contributed by atoms with E-state index in [0.717, 1.165) is 5.56 Å². The number of benzene rings is 2. The lowest BCUT2D eigenvalue weighted by Crippen LogP contribution is -2.36. The zero-order chi connectivity index (χ0) is 17.4. The van der Waals surface area contributed by atoms with Crippen molar-refractivity contribution in [3.63, 3.8) is 0 Å². The van der Waals surface area contributed by atoms with Crippen LogP contribution in [0.1, 0.15) is 22.8 Å². The zero-order valence-electron chi connectivity index (χ0n) is 13.3. The first-order chi connectivity index (χ1) is 11.6. The summed E-state index contributed by atoms with van der Waals surface area (Å²) in [7, 11) is 0. The van der Waals surface area contributed by atoms with Gasteiger partial charge >= 0.3 is 0 Å². The molecule has 126 valence electrons. The summed E-state index contributed by atoms with van der Waals surface area (Å²) in [5.74, 6) is -0.377. The van der Waals surface area contributed by atoms with E-state index in [9.17, 15) is 14.0 Å². The third-order valence-corrected chi connectivity index (χ3v) is 3.20. The van der Waals surface area contributed by atoms with Crippen molar-refractivity contribution >= 4 is 11.8 Å². The summed E-state index contributed by atoms with van der Waals surface area (Å²) >= 11 is 0. The number of ether oxygens (including phenoxy) is 1. The fourth-order valence-electron chi connectivity index (χ4n) is 2.00. The fraction of sp³-hybridized carbons (Fsp3) is 0.222. The molecule has 0 unspecified atom stereocenters. The van der Waals surface area contributed by atoms with E-state index < -0.39 is 0 Å². The van der Waals surface area contributed by atoms with Crippen LogP contribution < -0.4 is 15.4 Å². The minimum absolute atomic E-state index is 0.0761. The highest BCUT2D eigenvalue weighted by atomic mass is 19.1. The summed E-state index contributed by atoms with van der Waals surface area (Å²) in [6.45, 7) is 2.51. The number of hydrogen-bond acceptors (Lipinski definition) is 3. The Morgan fingerprint density at radius 2 is 1.83 bits per heavy atom. The highest BCUT2D eigenvalue weighted by Gasteiger charge is 2.08. The molecule has 6 heteroatoms. The fourth-order valence-corrected chi connectivity index (χ4v) is 2.00. The van der Waals surface area contributed by atoms with Crippen LogP contribution in [-0.4, -0.2) is 24.9 Å². The molecular formula is C18H19FN2O3. The molecule has 0 radical (unpaired) electrons. The van der Waals surface area contributed by atoms with Crippen LogP contribution in [0.5, 0.6) is 5.75 Å². The molecule has 0 atom stereocenters. The van der Waals surface area contributed by atoms with Crippen molar-refractivity contribution in [2.24, 2.45) is 0 Å². The molecule has 2 aromatic carbocycles. The van der Waals surface area contributed by atoms with Gasteiger partial charge in [0.25, 0.3) is 5.91 Å². The summed E-state index contributed by atoms with van der Waals surface area (Å²) < 4.78 is 18.5. The van der Waals surface area contributed by atoms with Crippen LogP contribution in [-0.2, 0) is 11.4 Å². The molecule has 24 heavy (non-hydrogen) atoms. The topological polar surface area (TPSA) is 67.4 Å².